The third-order valence-electron chi connectivity index (χ3n) is 2.86. The lowest BCUT2D eigenvalue weighted by Gasteiger charge is -2.07. The summed E-state index contributed by atoms with van der Waals surface area (Å²) in [6, 6.07) is 8.21. The molecule has 0 spiro atoms. The monoisotopic (exact) mass is 271 g/mol. The maximum atomic E-state index is 4.29. The summed E-state index contributed by atoms with van der Waals surface area (Å²) >= 11 is 1.71. The van der Waals surface area contributed by atoms with Crippen LogP contribution in [0, 0.1) is 0 Å². The van der Waals surface area contributed by atoms with E-state index in [4.69, 9.17) is 0 Å². The highest BCUT2D eigenvalue weighted by Gasteiger charge is 2.07. The third-order valence-corrected chi connectivity index (χ3v) is 3.59. The average Bonchev–Trinajstić information content (AvgIpc) is 2.82. The average molecular weight is 271 g/mol. The number of hydrogen-bond donors (Lipinski definition) is 1. The number of nitrogens with one attached hydrogen (secondary N) is 1. The number of aromatic nitrogens is 4. The zero-order valence-corrected chi connectivity index (χ0v) is 11.5. The van der Waals surface area contributed by atoms with Gasteiger partial charge in [-0.2, -0.15) is 5.10 Å². The van der Waals surface area contributed by atoms with Gasteiger partial charge in [0.2, 0.25) is 0 Å². The van der Waals surface area contributed by atoms with Crippen LogP contribution in [-0.2, 0) is 7.05 Å². The lowest BCUT2D eigenvalue weighted by molar-refractivity contribution is 0.785. The van der Waals surface area contributed by atoms with Gasteiger partial charge in [-0.25, -0.2) is 9.97 Å². The quantitative estimate of drug-likeness (QED) is 0.742. The first-order valence-corrected chi connectivity index (χ1v) is 7.04. The third kappa shape index (κ3) is 2.26. The first kappa shape index (κ1) is 12.0. The summed E-state index contributed by atoms with van der Waals surface area (Å²) < 4.78 is 1.74. The Balaban J connectivity index is 2.00. The molecule has 0 aliphatic rings. The molecule has 0 atom stereocenters. The molecule has 2 aromatic heterocycles. The molecule has 0 aliphatic carbocycles. The van der Waals surface area contributed by atoms with Gasteiger partial charge in [-0.15, -0.1) is 11.8 Å². The van der Waals surface area contributed by atoms with Gasteiger partial charge in [0.25, 0.3) is 0 Å². The summed E-state index contributed by atoms with van der Waals surface area (Å²) in [5.74, 6) is 0.774. The fourth-order valence-electron chi connectivity index (χ4n) is 1.90. The normalized spacial score (nSPS) is 10.8. The lowest BCUT2D eigenvalue weighted by Crippen LogP contribution is -1.97. The minimum atomic E-state index is 0.774. The van der Waals surface area contributed by atoms with Gasteiger partial charge in [0, 0.05) is 17.6 Å². The van der Waals surface area contributed by atoms with E-state index in [1.807, 2.05) is 19.2 Å². The highest BCUT2D eigenvalue weighted by Crippen LogP contribution is 2.24. The van der Waals surface area contributed by atoms with Crippen molar-refractivity contribution >= 4 is 34.3 Å². The molecule has 0 aliphatic heterocycles. The number of aryl methyl sites for hydroxylation is 1. The van der Waals surface area contributed by atoms with Crippen LogP contribution in [-0.4, -0.2) is 26.0 Å². The topological polar surface area (TPSA) is 55.6 Å². The van der Waals surface area contributed by atoms with Crippen molar-refractivity contribution in [3.63, 3.8) is 0 Å². The molecule has 0 unspecified atom stereocenters. The van der Waals surface area contributed by atoms with E-state index in [0.29, 0.717) is 0 Å². The summed E-state index contributed by atoms with van der Waals surface area (Å²) in [6.45, 7) is 0. The van der Waals surface area contributed by atoms with Crippen molar-refractivity contribution < 1.29 is 0 Å². The Bertz CT molecular complexity index is 722. The van der Waals surface area contributed by atoms with Crippen molar-refractivity contribution in [3.8, 4) is 0 Å². The van der Waals surface area contributed by atoms with Gasteiger partial charge >= 0.3 is 0 Å². The van der Waals surface area contributed by atoms with Crippen LogP contribution in [0.2, 0.25) is 0 Å². The highest BCUT2D eigenvalue weighted by atomic mass is 32.2. The largest absolute Gasteiger partial charge is 0.339 e. The zero-order chi connectivity index (χ0) is 13.2. The summed E-state index contributed by atoms with van der Waals surface area (Å²) in [7, 11) is 1.87. The van der Waals surface area contributed by atoms with Crippen molar-refractivity contribution in [3.05, 3.63) is 36.8 Å². The molecule has 0 fully saturated rings. The molecule has 0 radical (unpaired) electrons. The van der Waals surface area contributed by atoms with Crippen LogP contribution in [0.1, 0.15) is 0 Å². The molecule has 1 aromatic carbocycles. The van der Waals surface area contributed by atoms with Gasteiger partial charge in [0.1, 0.15) is 12.1 Å². The van der Waals surface area contributed by atoms with Crippen molar-refractivity contribution in [1.82, 2.24) is 19.7 Å². The molecule has 0 saturated carbocycles. The SMILES string of the molecule is CSc1cccc(Nc2ncnc3c2cnn3C)c1. The number of thioether (sulfide) groups is 1. The molecule has 0 amide bonds. The Hall–Kier alpha value is -2.08. The van der Waals surface area contributed by atoms with Gasteiger partial charge in [0.15, 0.2) is 5.65 Å². The number of rotatable bonds is 3. The molecular formula is C13H13N5S. The Kier molecular flexibility index (Phi) is 3.08. The Morgan fingerprint density at radius 3 is 3.00 bits per heavy atom. The summed E-state index contributed by atoms with van der Waals surface area (Å²) in [6.07, 6.45) is 5.38. The van der Waals surface area contributed by atoms with E-state index in [0.717, 1.165) is 22.5 Å². The van der Waals surface area contributed by atoms with Gasteiger partial charge in [-0.3, -0.25) is 4.68 Å². The van der Waals surface area contributed by atoms with Crippen LogP contribution in [0.4, 0.5) is 11.5 Å². The van der Waals surface area contributed by atoms with E-state index in [1.54, 1.807) is 29.0 Å². The van der Waals surface area contributed by atoms with Crippen LogP contribution in [0.25, 0.3) is 11.0 Å². The number of fused-ring (bicyclic) bond motifs is 1. The fourth-order valence-corrected chi connectivity index (χ4v) is 2.36. The van der Waals surface area contributed by atoms with Crippen molar-refractivity contribution in [1.29, 1.82) is 0 Å². The van der Waals surface area contributed by atoms with Gasteiger partial charge in [-0.1, -0.05) is 6.07 Å². The van der Waals surface area contributed by atoms with E-state index in [2.05, 4.69) is 38.8 Å². The summed E-state index contributed by atoms with van der Waals surface area (Å²) in [5.41, 5.74) is 1.83. The molecule has 1 N–H and O–H groups in total. The van der Waals surface area contributed by atoms with Gasteiger partial charge < -0.3 is 5.32 Å². The molecule has 0 saturated heterocycles. The van der Waals surface area contributed by atoms with E-state index in [9.17, 15) is 0 Å². The predicted octanol–water partition coefficient (Wildman–Crippen LogP) is 2.83. The summed E-state index contributed by atoms with van der Waals surface area (Å²) in [4.78, 5) is 9.72. The second-order valence-corrected chi connectivity index (χ2v) is 4.96. The molecule has 2 heterocycles. The Morgan fingerprint density at radius 2 is 2.16 bits per heavy atom. The van der Waals surface area contributed by atoms with E-state index < -0.39 is 0 Å². The molecular weight excluding hydrogens is 258 g/mol. The number of anilines is 2. The van der Waals surface area contributed by atoms with Crippen LogP contribution in [0.15, 0.2) is 41.7 Å². The smallest absolute Gasteiger partial charge is 0.163 e. The summed E-state index contributed by atoms with van der Waals surface area (Å²) in [5, 5.41) is 8.44. The van der Waals surface area contributed by atoms with Crippen LogP contribution in [0.3, 0.4) is 0 Å². The molecule has 3 aromatic rings. The molecule has 3 rings (SSSR count). The Morgan fingerprint density at radius 1 is 1.26 bits per heavy atom. The molecule has 5 nitrogen and oxygen atoms in total. The predicted molar refractivity (Wildman–Crippen MR) is 77.8 cm³/mol. The highest BCUT2D eigenvalue weighted by molar-refractivity contribution is 7.98. The number of benzene rings is 1. The molecule has 96 valence electrons. The van der Waals surface area contributed by atoms with E-state index >= 15 is 0 Å². The maximum Gasteiger partial charge on any atom is 0.163 e. The fraction of sp³-hybridized carbons (Fsp3) is 0.154. The maximum absolute atomic E-state index is 4.29. The number of hydrogen-bond acceptors (Lipinski definition) is 5. The molecule has 19 heavy (non-hydrogen) atoms. The first-order valence-electron chi connectivity index (χ1n) is 5.82. The molecule has 6 heteroatoms. The first-order chi connectivity index (χ1) is 9.28. The van der Waals surface area contributed by atoms with E-state index in [1.165, 1.54) is 4.90 Å². The van der Waals surface area contributed by atoms with Crippen LogP contribution in [0.5, 0.6) is 0 Å². The lowest BCUT2D eigenvalue weighted by atomic mass is 10.3. The minimum absolute atomic E-state index is 0.774. The zero-order valence-electron chi connectivity index (χ0n) is 10.7. The second-order valence-electron chi connectivity index (χ2n) is 4.08. The van der Waals surface area contributed by atoms with Gasteiger partial charge in [0.05, 0.1) is 11.6 Å². The number of nitrogens with zero attached hydrogens (tertiary/aromatic N) is 4. The van der Waals surface area contributed by atoms with E-state index in [-0.39, 0.29) is 0 Å². The minimum Gasteiger partial charge on any atom is -0.339 e. The van der Waals surface area contributed by atoms with Crippen molar-refractivity contribution in [2.45, 2.75) is 4.90 Å². The second kappa shape index (κ2) is 4.89. The van der Waals surface area contributed by atoms with Crippen LogP contribution < -0.4 is 5.32 Å². The van der Waals surface area contributed by atoms with Crippen molar-refractivity contribution in [2.75, 3.05) is 11.6 Å². The van der Waals surface area contributed by atoms with Gasteiger partial charge in [-0.05, 0) is 24.5 Å². The van der Waals surface area contributed by atoms with Crippen LogP contribution >= 0.6 is 11.8 Å². The Labute approximate surface area is 115 Å². The van der Waals surface area contributed by atoms with Crippen molar-refractivity contribution in [2.24, 2.45) is 7.05 Å². The molecule has 0 bridgehead atoms. The standard InChI is InChI=1S/C13H13N5S/c1-18-13-11(7-16-18)12(14-8-15-13)17-9-4-3-5-10(6-9)19-2/h3-8H,1-2H3,(H,14,15,17).